The van der Waals surface area contributed by atoms with E-state index in [-0.39, 0.29) is 11.8 Å². The van der Waals surface area contributed by atoms with Crippen LogP contribution in [0.5, 0.6) is 5.75 Å². The molecule has 2 heterocycles. The molecular weight excluding hydrogens is 370 g/mol. The van der Waals surface area contributed by atoms with E-state index in [9.17, 15) is 9.59 Å². The summed E-state index contributed by atoms with van der Waals surface area (Å²) < 4.78 is 5.99. The zero-order chi connectivity index (χ0) is 21.2. The van der Waals surface area contributed by atoms with E-state index in [2.05, 4.69) is 15.6 Å². The highest BCUT2D eigenvalue weighted by atomic mass is 16.5. The van der Waals surface area contributed by atoms with Crippen molar-refractivity contribution in [1.29, 1.82) is 0 Å². The van der Waals surface area contributed by atoms with Crippen molar-refractivity contribution in [2.75, 3.05) is 6.61 Å². The molecule has 0 saturated carbocycles. The van der Waals surface area contributed by atoms with Crippen molar-refractivity contribution in [3.05, 3.63) is 47.3 Å². The molecule has 3 rings (SSSR count). The zero-order valence-electron chi connectivity index (χ0n) is 17.2. The number of rotatable bonds is 7. The number of nitrogens with one attached hydrogen (secondary N) is 2. The Morgan fingerprint density at radius 3 is 2.83 bits per heavy atom. The smallest absolute Gasteiger partial charge is 0.405 e. The fourth-order valence-corrected chi connectivity index (χ4v) is 3.87. The maximum Gasteiger partial charge on any atom is 0.405 e. The van der Waals surface area contributed by atoms with Crippen molar-refractivity contribution in [2.24, 2.45) is 5.92 Å². The van der Waals surface area contributed by atoms with E-state index in [1.165, 1.54) is 0 Å². The van der Waals surface area contributed by atoms with Gasteiger partial charge in [0.25, 0.3) is 5.91 Å². The van der Waals surface area contributed by atoms with Gasteiger partial charge in [-0.05, 0) is 68.0 Å². The minimum atomic E-state index is -1.02. The van der Waals surface area contributed by atoms with Crippen LogP contribution in [0.1, 0.15) is 48.8 Å². The summed E-state index contributed by atoms with van der Waals surface area (Å²) in [6, 6.07) is 7.73. The Kier molecular flexibility index (Phi) is 5.77. The lowest BCUT2D eigenvalue weighted by Gasteiger charge is -2.28. The Labute approximate surface area is 170 Å². The molecule has 0 spiro atoms. The molecule has 0 saturated heterocycles. The highest BCUT2D eigenvalue weighted by Crippen LogP contribution is 2.31. The van der Waals surface area contributed by atoms with Crippen LogP contribution in [-0.4, -0.2) is 34.2 Å². The van der Waals surface area contributed by atoms with Gasteiger partial charge in [-0.15, -0.1) is 0 Å². The van der Waals surface area contributed by atoms with Crippen molar-refractivity contribution in [3.8, 4) is 16.9 Å². The van der Waals surface area contributed by atoms with Crippen molar-refractivity contribution < 1.29 is 19.4 Å². The molecule has 154 valence electrons. The van der Waals surface area contributed by atoms with Gasteiger partial charge in [-0.2, -0.15) is 0 Å². The summed E-state index contributed by atoms with van der Waals surface area (Å²) in [4.78, 5) is 27.3. The van der Waals surface area contributed by atoms with Crippen LogP contribution in [0.3, 0.4) is 0 Å². The average molecular weight is 397 g/mol. The second-order valence-electron chi connectivity index (χ2n) is 8.28. The standard InChI is InChI=1S/C22H27N3O4/c1-13(10-22(3,4)25-21(27)28)12-29-18-6-5-15(9-14(18)2)16-7-8-23-17-11-24-20(26)19(16)17/h5-9,13,25H,10-12H2,1-4H3,(H,24,26)(H,27,28)/t13-/m0/s1. The topological polar surface area (TPSA) is 101 Å². The predicted octanol–water partition coefficient (Wildman–Crippen LogP) is 3.75. The molecule has 2 amide bonds. The number of aryl methyl sites for hydroxylation is 1. The first kappa shape index (κ1) is 20.6. The molecule has 1 aromatic heterocycles. The van der Waals surface area contributed by atoms with Crippen LogP contribution >= 0.6 is 0 Å². The monoisotopic (exact) mass is 397 g/mol. The SMILES string of the molecule is Cc1cc(-c2ccnc3c2C(=O)NC3)ccc1OC[C@@H](C)CC(C)(C)NC(=O)O. The van der Waals surface area contributed by atoms with Crippen molar-refractivity contribution in [2.45, 2.75) is 46.2 Å². The van der Waals surface area contributed by atoms with E-state index in [1.54, 1.807) is 6.20 Å². The summed E-state index contributed by atoms with van der Waals surface area (Å²) in [5, 5.41) is 14.3. The minimum absolute atomic E-state index is 0.0903. The molecule has 2 aromatic rings. The van der Waals surface area contributed by atoms with E-state index in [1.807, 2.05) is 52.0 Å². The van der Waals surface area contributed by atoms with E-state index < -0.39 is 11.6 Å². The van der Waals surface area contributed by atoms with Crippen LogP contribution in [0.25, 0.3) is 11.1 Å². The number of hydrogen-bond acceptors (Lipinski definition) is 4. The number of carbonyl (C=O) groups excluding carboxylic acids is 1. The second kappa shape index (κ2) is 8.11. The molecule has 3 N–H and O–H groups in total. The van der Waals surface area contributed by atoms with E-state index >= 15 is 0 Å². The lowest BCUT2D eigenvalue weighted by atomic mass is 9.92. The number of carboxylic acid groups (broad SMARTS) is 1. The van der Waals surface area contributed by atoms with Crippen LogP contribution in [0.15, 0.2) is 30.5 Å². The van der Waals surface area contributed by atoms with Gasteiger partial charge in [-0.1, -0.05) is 13.0 Å². The number of aromatic nitrogens is 1. The third kappa shape index (κ3) is 4.85. The largest absolute Gasteiger partial charge is 0.493 e. The first-order valence-corrected chi connectivity index (χ1v) is 9.67. The predicted molar refractivity (Wildman–Crippen MR) is 110 cm³/mol. The van der Waals surface area contributed by atoms with Gasteiger partial charge in [0.15, 0.2) is 0 Å². The molecule has 1 atom stereocenters. The Hall–Kier alpha value is -3.09. The first-order chi connectivity index (χ1) is 13.7. The van der Waals surface area contributed by atoms with Gasteiger partial charge in [0.2, 0.25) is 0 Å². The van der Waals surface area contributed by atoms with Gasteiger partial charge >= 0.3 is 6.09 Å². The minimum Gasteiger partial charge on any atom is -0.493 e. The molecule has 1 aliphatic heterocycles. The number of ether oxygens (including phenoxy) is 1. The van der Waals surface area contributed by atoms with Gasteiger partial charge in [-0.25, -0.2) is 4.79 Å². The second-order valence-corrected chi connectivity index (χ2v) is 8.28. The number of hydrogen-bond donors (Lipinski definition) is 3. The molecule has 0 bridgehead atoms. The summed E-state index contributed by atoms with van der Waals surface area (Å²) in [6.07, 6.45) is 1.36. The Morgan fingerprint density at radius 1 is 1.38 bits per heavy atom. The maximum absolute atomic E-state index is 12.2. The number of carbonyl (C=O) groups is 2. The van der Waals surface area contributed by atoms with Gasteiger partial charge in [0.05, 0.1) is 24.4 Å². The molecule has 0 aliphatic carbocycles. The molecule has 1 aliphatic rings. The van der Waals surface area contributed by atoms with Gasteiger partial charge in [0.1, 0.15) is 5.75 Å². The van der Waals surface area contributed by atoms with Crippen LogP contribution in [0.4, 0.5) is 4.79 Å². The maximum atomic E-state index is 12.2. The fourth-order valence-electron chi connectivity index (χ4n) is 3.87. The van der Waals surface area contributed by atoms with E-state index in [0.29, 0.717) is 25.1 Å². The molecule has 0 radical (unpaired) electrons. The fraction of sp³-hybridized carbons (Fsp3) is 0.409. The normalized spacial score (nSPS) is 14.1. The van der Waals surface area contributed by atoms with Crippen LogP contribution < -0.4 is 15.4 Å². The lowest BCUT2D eigenvalue weighted by Crippen LogP contribution is -2.44. The number of benzene rings is 1. The first-order valence-electron chi connectivity index (χ1n) is 9.67. The lowest BCUT2D eigenvalue weighted by molar-refractivity contribution is 0.0966. The third-order valence-electron chi connectivity index (χ3n) is 4.99. The summed E-state index contributed by atoms with van der Waals surface area (Å²) in [5.41, 5.74) is 3.69. The number of amides is 2. The molecule has 0 fully saturated rings. The molecule has 29 heavy (non-hydrogen) atoms. The molecule has 1 aromatic carbocycles. The van der Waals surface area contributed by atoms with Gasteiger partial charge in [-0.3, -0.25) is 9.78 Å². The quantitative estimate of drug-likeness (QED) is 0.661. The average Bonchev–Trinajstić information content (AvgIpc) is 3.00. The summed E-state index contributed by atoms with van der Waals surface area (Å²) in [7, 11) is 0. The molecule has 7 nitrogen and oxygen atoms in total. The Balaban J connectivity index is 1.69. The van der Waals surface area contributed by atoms with Crippen LogP contribution in [0, 0.1) is 12.8 Å². The van der Waals surface area contributed by atoms with E-state index in [0.717, 1.165) is 28.1 Å². The van der Waals surface area contributed by atoms with Crippen LogP contribution in [-0.2, 0) is 6.54 Å². The number of fused-ring (bicyclic) bond motifs is 1. The third-order valence-corrected chi connectivity index (χ3v) is 4.99. The van der Waals surface area contributed by atoms with Gasteiger partial charge in [0, 0.05) is 11.7 Å². The zero-order valence-corrected chi connectivity index (χ0v) is 17.2. The van der Waals surface area contributed by atoms with Crippen molar-refractivity contribution >= 4 is 12.0 Å². The Bertz CT molecular complexity index is 940. The molecule has 7 heteroatoms. The summed E-state index contributed by atoms with van der Waals surface area (Å²) in [5.74, 6) is 0.857. The molecular formula is C22H27N3O4. The van der Waals surface area contributed by atoms with Crippen molar-refractivity contribution in [1.82, 2.24) is 15.6 Å². The number of pyridine rings is 1. The summed E-state index contributed by atoms with van der Waals surface area (Å²) in [6.45, 7) is 8.68. The summed E-state index contributed by atoms with van der Waals surface area (Å²) >= 11 is 0. The highest BCUT2D eigenvalue weighted by Gasteiger charge is 2.25. The van der Waals surface area contributed by atoms with Crippen molar-refractivity contribution in [3.63, 3.8) is 0 Å². The Morgan fingerprint density at radius 2 is 2.14 bits per heavy atom. The van der Waals surface area contributed by atoms with Crippen LogP contribution in [0.2, 0.25) is 0 Å². The van der Waals surface area contributed by atoms with Gasteiger partial charge < -0.3 is 20.5 Å². The molecule has 0 unspecified atom stereocenters. The van der Waals surface area contributed by atoms with E-state index in [4.69, 9.17) is 9.84 Å². The number of nitrogens with zero attached hydrogens (tertiary/aromatic N) is 1. The highest BCUT2D eigenvalue weighted by molar-refractivity contribution is 6.04.